The molecule has 2 aliphatic rings. The van der Waals surface area contributed by atoms with Gasteiger partial charge < -0.3 is 14.2 Å². The number of fused-ring (bicyclic) bond motifs is 2. The molecular weight excluding hydrogens is 471 g/mol. The Morgan fingerprint density at radius 1 is 1.20 bits per heavy atom. The van der Waals surface area contributed by atoms with Crippen molar-refractivity contribution in [2.75, 3.05) is 25.7 Å². The molecule has 0 saturated carbocycles. The lowest BCUT2D eigenvalue weighted by Crippen LogP contribution is -2.33. The molecule has 5 rings (SSSR count). The summed E-state index contributed by atoms with van der Waals surface area (Å²) in [5.41, 5.74) is 3.70. The van der Waals surface area contributed by atoms with Crippen molar-refractivity contribution < 1.29 is 22.8 Å². The Labute approximate surface area is 203 Å². The van der Waals surface area contributed by atoms with Gasteiger partial charge in [0, 0.05) is 45.7 Å². The van der Waals surface area contributed by atoms with Crippen LogP contribution in [-0.2, 0) is 25.6 Å². The second kappa shape index (κ2) is 9.15. The summed E-state index contributed by atoms with van der Waals surface area (Å²) in [6.07, 6.45) is 3.89. The molecule has 0 aliphatic carbocycles. The topological polar surface area (TPSA) is 107 Å². The van der Waals surface area contributed by atoms with E-state index in [0.717, 1.165) is 22.2 Å². The second-order valence-corrected chi connectivity index (χ2v) is 11.7. The van der Waals surface area contributed by atoms with E-state index in [9.17, 15) is 13.9 Å². The van der Waals surface area contributed by atoms with Crippen molar-refractivity contribution in [3.8, 4) is 11.8 Å². The van der Waals surface area contributed by atoms with Crippen LogP contribution in [0.5, 0.6) is 5.75 Å². The number of rotatable bonds is 5. The van der Waals surface area contributed by atoms with Gasteiger partial charge in [0.2, 0.25) is 0 Å². The highest BCUT2D eigenvalue weighted by Crippen LogP contribution is 2.35. The van der Waals surface area contributed by atoms with Crippen LogP contribution in [0.4, 0.5) is 10.1 Å². The molecule has 0 amide bonds. The van der Waals surface area contributed by atoms with E-state index in [1.807, 2.05) is 13.0 Å². The fourth-order valence-electron chi connectivity index (χ4n) is 4.70. The van der Waals surface area contributed by atoms with Crippen molar-refractivity contribution in [3.05, 3.63) is 59.3 Å². The second-order valence-electron chi connectivity index (χ2n) is 9.17. The van der Waals surface area contributed by atoms with Crippen LogP contribution in [-0.4, -0.2) is 58.2 Å². The summed E-state index contributed by atoms with van der Waals surface area (Å²) in [7, 11) is -2.31. The number of ether oxygens (including phenoxy) is 3. The van der Waals surface area contributed by atoms with Crippen molar-refractivity contribution in [2.24, 2.45) is 10.3 Å². The normalized spacial score (nSPS) is 23.7. The first-order chi connectivity index (χ1) is 16.7. The van der Waals surface area contributed by atoms with Gasteiger partial charge in [0.25, 0.3) is 0 Å². The third kappa shape index (κ3) is 4.85. The van der Waals surface area contributed by atoms with Crippen LogP contribution in [0.2, 0.25) is 0 Å². The molecule has 2 aliphatic heterocycles. The molecule has 182 valence electrons. The Kier molecular flexibility index (Phi) is 6.17. The van der Waals surface area contributed by atoms with Crippen molar-refractivity contribution >= 4 is 26.3 Å². The predicted molar refractivity (Wildman–Crippen MR) is 129 cm³/mol. The SMILES string of the molecule is Cc1cc(N=S(C)(C)=O)cc2ncnc(Cc3ccc(F)cc3O[C@@H]3CO[C@H]4[C@@H]3OC[C@@H]4C#N)c12. The summed E-state index contributed by atoms with van der Waals surface area (Å²) < 4.78 is 48.3. The number of nitriles is 1. The zero-order valence-electron chi connectivity index (χ0n) is 19.6. The zero-order chi connectivity index (χ0) is 24.7. The summed E-state index contributed by atoms with van der Waals surface area (Å²) >= 11 is 0. The van der Waals surface area contributed by atoms with Crippen molar-refractivity contribution in [2.45, 2.75) is 31.7 Å². The van der Waals surface area contributed by atoms with Gasteiger partial charge in [-0.1, -0.05) is 6.07 Å². The molecule has 8 nitrogen and oxygen atoms in total. The lowest BCUT2D eigenvalue weighted by Gasteiger charge is -2.20. The molecule has 2 fully saturated rings. The van der Waals surface area contributed by atoms with Gasteiger partial charge in [0.1, 0.15) is 30.1 Å². The minimum atomic E-state index is -2.31. The molecule has 2 aromatic carbocycles. The van der Waals surface area contributed by atoms with Gasteiger partial charge in [0.15, 0.2) is 6.10 Å². The summed E-state index contributed by atoms with van der Waals surface area (Å²) in [6.45, 7) is 2.50. The largest absolute Gasteiger partial charge is 0.485 e. The van der Waals surface area contributed by atoms with Crippen LogP contribution in [0.1, 0.15) is 16.8 Å². The molecule has 0 radical (unpaired) electrons. The molecule has 0 N–H and O–H groups in total. The standard InChI is InChI=1S/C25H25FN4O4S/c1-14-6-18(30-35(2,3)31)9-20-23(14)19(28-13-29-20)7-15-4-5-17(26)8-21(15)34-22-12-33-24-16(10-27)11-32-25(22)24/h4-6,8-9,13,16,22,24-25H,7,11-12H2,1-3H3/t16-,22+,24+,25+/m0/s1. The zero-order valence-corrected chi connectivity index (χ0v) is 20.4. The van der Waals surface area contributed by atoms with Gasteiger partial charge in [-0.25, -0.2) is 18.6 Å². The number of hydrogen-bond donors (Lipinski definition) is 0. The van der Waals surface area contributed by atoms with Crippen LogP contribution < -0.4 is 4.74 Å². The number of nitrogens with zero attached hydrogens (tertiary/aromatic N) is 4. The van der Waals surface area contributed by atoms with Gasteiger partial charge in [0.05, 0.1) is 42.1 Å². The van der Waals surface area contributed by atoms with Gasteiger partial charge in [-0.2, -0.15) is 9.62 Å². The van der Waals surface area contributed by atoms with Gasteiger partial charge in [-0.15, -0.1) is 0 Å². The van der Waals surface area contributed by atoms with Gasteiger partial charge >= 0.3 is 0 Å². The highest BCUT2D eigenvalue weighted by atomic mass is 32.2. The molecule has 3 heterocycles. The maximum Gasteiger partial charge on any atom is 0.151 e. The van der Waals surface area contributed by atoms with Crippen LogP contribution in [0.3, 0.4) is 0 Å². The third-order valence-corrected chi connectivity index (χ3v) is 6.81. The highest BCUT2D eigenvalue weighted by Gasteiger charge is 2.49. The summed E-state index contributed by atoms with van der Waals surface area (Å²) in [5, 5.41) is 10.1. The Hall–Kier alpha value is -3.13. The van der Waals surface area contributed by atoms with Gasteiger partial charge in [-0.05, 0) is 30.7 Å². The molecular formula is C25H25FN4O4S. The van der Waals surface area contributed by atoms with E-state index in [-0.39, 0.29) is 24.7 Å². The van der Waals surface area contributed by atoms with Crippen molar-refractivity contribution in [1.29, 1.82) is 5.26 Å². The average molecular weight is 497 g/mol. The molecule has 1 aromatic heterocycles. The lowest BCUT2D eigenvalue weighted by molar-refractivity contribution is 0.0298. The number of benzene rings is 2. The summed E-state index contributed by atoms with van der Waals surface area (Å²) in [5.74, 6) is -0.364. The first-order valence-electron chi connectivity index (χ1n) is 11.2. The number of aromatic nitrogens is 2. The first-order valence-corrected chi connectivity index (χ1v) is 13.5. The van der Waals surface area contributed by atoms with Crippen LogP contribution in [0.25, 0.3) is 10.9 Å². The molecule has 0 spiro atoms. The smallest absolute Gasteiger partial charge is 0.151 e. The fraction of sp³-hybridized carbons (Fsp3) is 0.400. The van der Waals surface area contributed by atoms with E-state index in [1.165, 1.54) is 18.5 Å². The van der Waals surface area contributed by atoms with E-state index >= 15 is 0 Å². The molecule has 0 unspecified atom stereocenters. The molecule has 0 bridgehead atoms. The number of hydrogen-bond acceptors (Lipinski definition) is 8. The molecule has 35 heavy (non-hydrogen) atoms. The van der Waals surface area contributed by atoms with Crippen LogP contribution in [0.15, 0.2) is 41.0 Å². The quantitative estimate of drug-likeness (QED) is 0.530. The Morgan fingerprint density at radius 2 is 2.00 bits per heavy atom. The third-order valence-electron chi connectivity index (χ3n) is 6.16. The monoisotopic (exact) mass is 496 g/mol. The van der Waals surface area contributed by atoms with E-state index in [4.69, 9.17) is 14.2 Å². The fourth-order valence-corrected chi connectivity index (χ4v) is 5.31. The minimum absolute atomic E-state index is 0.267. The van der Waals surface area contributed by atoms with Gasteiger partial charge in [-0.3, -0.25) is 0 Å². The Morgan fingerprint density at radius 3 is 2.77 bits per heavy atom. The predicted octanol–water partition coefficient (Wildman–Crippen LogP) is 3.71. The lowest BCUT2D eigenvalue weighted by atomic mass is 10.0. The minimum Gasteiger partial charge on any atom is -0.485 e. The maximum atomic E-state index is 14.2. The molecule has 10 heteroatoms. The number of aryl methyl sites for hydroxylation is 1. The average Bonchev–Trinajstić information content (AvgIpc) is 3.37. The molecule has 2 saturated heterocycles. The van der Waals surface area contributed by atoms with Crippen molar-refractivity contribution in [1.82, 2.24) is 9.97 Å². The number of halogens is 1. The summed E-state index contributed by atoms with van der Waals surface area (Å²) in [4.78, 5) is 8.90. The molecule has 4 atom stereocenters. The van der Waals surface area contributed by atoms with Crippen molar-refractivity contribution in [3.63, 3.8) is 0 Å². The highest BCUT2D eigenvalue weighted by molar-refractivity contribution is 7.92. The summed E-state index contributed by atoms with van der Waals surface area (Å²) in [6, 6.07) is 10.3. The first kappa shape index (κ1) is 23.6. The van der Waals surface area contributed by atoms with Crippen LogP contribution in [0, 0.1) is 30.0 Å². The Bertz CT molecular complexity index is 1460. The van der Waals surface area contributed by atoms with Crippen LogP contribution >= 0.6 is 0 Å². The van der Waals surface area contributed by atoms with E-state index < -0.39 is 21.7 Å². The van der Waals surface area contributed by atoms with E-state index in [1.54, 1.807) is 24.6 Å². The van der Waals surface area contributed by atoms with E-state index in [2.05, 4.69) is 20.4 Å². The van der Waals surface area contributed by atoms with E-state index in [0.29, 0.717) is 30.0 Å². The Balaban J connectivity index is 1.47. The maximum absolute atomic E-state index is 14.2. The molecule has 3 aromatic rings.